The van der Waals surface area contributed by atoms with Crippen LogP contribution in [0.25, 0.3) is 10.9 Å². The monoisotopic (exact) mass is 345 g/mol. The average molecular weight is 345 g/mol. The van der Waals surface area contributed by atoms with Gasteiger partial charge in [-0.15, -0.1) is 0 Å². The van der Waals surface area contributed by atoms with Crippen LogP contribution in [0.4, 0.5) is 4.39 Å². The van der Waals surface area contributed by atoms with Crippen molar-refractivity contribution in [2.24, 2.45) is 0 Å². The first-order valence-electron chi connectivity index (χ1n) is 8.86. The van der Waals surface area contributed by atoms with E-state index in [-0.39, 0.29) is 18.1 Å². The van der Waals surface area contributed by atoms with Gasteiger partial charge in [0, 0.05) is 24.2 Å². The second-order valence-corrected chi connectivity index (χ2v) is 6.51. The van der Waals surface area contributed by atoms with Crippen molar-refractivity contribution in [1.82, 2.24) is 15.2 Å². The maximum absolute atomic E-state index is 13.7. The van der Waals surface area contributed by atoms with Gasteiger partial charge in [-0.2, -0.15) is 0 Å². The molecule has 1 saturated heterocycles. The van der Waals surface area contributed by atoms with Crippen molar-refractivity contribution in [2.45, 2.75) is 31.7 Å². The smallest absolute Gasteiger partial charge is 0.253 e. The van der Waals surface area contributed by atoms with Crippen molar-refractivity contribution in [1.29, 1.82) is 0 Å². The van der Waals surface area contributed by atoms with Crippen LogP contribution in [-0.2, 0) is 0 Å². The molecule has 1 aromatic carbocycles. The second-order valence-electron chi connectivity index (χ2n) is 6.51. The molecule has 25 heavy (non-hydrogen) atoms. The van der Waals surface area contributed by atoms with Gasteiger partial charge in [0.1, 0.15) is 5.82 Å². The molecular weight excluding hydrogens is 321 g/mol. The first kappa shape index (κ1) is 17.8. The Labute approximate surface area is 146 Å². The number of rotatable bonds is 7. The van der Waals surface area contributed by atoms with Gasteiger partial charge in [0.25, 0.3) is 5.91 Å². The molecule has 0 radical (unpaired) electrons. The van der Waals surface area contributed by atoms with E-state index in [1.807, 2.05) is 0 Å². The number of hydrogen-bond donors (Lipinski definition) is 2. The molecule has 0 bridgehead atoms. The Morgan fingerprint density at radius 3 is 3.12 bits per heavy atom. The Kier molecular flexibility index (Phi) is 5.94. The van der Waals surface area contributed by atoms with Gasteiger partial charge in [-0.05, 0) is 57.0 Å². The van der Waals surface area contributed by atoms with Gasteiger partial charge in [-0.1, -0.05) is 6.07 Å². The van der Waals surface area contributed by atoms with Gasteiger partial charge < -0.3 is 10.4 Å². The fourth-order valence-corrected chi connectivity index (χ4v) is 3.46. The largest absolute Gasteiger partial charge is 0.395 e. The predicted octanol–water partition coefficient (Wildman–Crippen LogP) is 2.34. The number of aromatic nitrogens is 1. The molecule has 1 fully saturated rings. The van der Waals surface area contributed by atoms with Crippen LogP contribution in [0.15, 0.2) is 30.5 Å². The van der Waals surface area contributed by atoms with E-state index in [9.17, 15) is 14.3 Å². The van der Waals surface area contributed by atoms with Crippen molar-refractivity contribution < 1.29 is 14.3 Å². The normalized spacial score (nSPS) is 17.9. The molecule has 0 spiro atoms. The quantitative estimate of drug-likeness (QED) is 0.756. The summed E-state index contributed by atoms with van der Waals surface area (Å²) in [5, 5.41) is 12.8. The van der Waals surface area contributed by atoms with Crippen LogP contribution in [-0.4, -0.2) is 53.2 Å². The number of aliphatic hydroxyl groups is 1. The average Bonchev–Trinajstić information content (AvgIpc) is 3.08. The summed E-state index contributed by atoms with van der Waals surface area (Å²) >= 11 is 0. The van der Waals surface area contributed by atoms with Gasteiger partial charge in [-0.3, -0.25) is 14.7 Å². The molecule has 6 heteroatoms. The van der Waals surface area contributed by atoms with Crippen molar-refractivity contribution >= 4 is 16.8 Å². The van der Waals surface area contributed by atoms with E-state index in [4.69, 9.17) is 0 Å². The van der Waals surface area contributed by atoms with E-state index >= 15 is 0 Å². The summed E-state index contributed by atoms with van der Waals surface area (Å²) in [4.78, 5) is 18.9. The number of likely N-dealkylation sites (tertiary alicyclic amines) is 1. The molecule has 1 aromatic heterocycles. The van der Waals surface area contributed by atoms with Crippen LogP contribution < -0.4 is 5.32 Å². The minimum atomic E-state index is -0.435. The number of benzene rings is 1. The molecule has 2 heterocycles. The third kappa shape index (κ3) is 4.32. The number of carbonyl (C=O) groups is 1. The van der Waals surface area contributed by atoms with E-state index < -0.39 is 5.82 Å². The molecular formula is C19H24FN3O2. The van der Waals surface area contributed by atoms with Crippen LogP contribution in [0, 0.1) is 5.82 Å². The lowest BCUT2D eigenvalue weighted by Crippen LogP contribution is -2.33. The molecule has 0 aliphatic carbocycles. The summed E-state index contributed by atoms with van der Waals surface area (Å²) in [6.45, 7) is 2.74. The number of unbranched alkanes of at least 4 members (excludes halogenated alkanes) is 1. The van der Waals surface area contributed by atoms with Crippen LogP contribution in [0.2, 0.25) is 0 Å². The third-order valence-corrected chi connectivity index (χ3v) is 4.78. The minimum absolute atomic E-state index is 0.219. The van der Waals surface area contributed by atoms with E-state index in [1.165, 1.54) is 12.1 Å². The van der Waals surface area contributed by atoms with Crippen molar-refractivity contribution in [3.05, 3.63) is 41.8 Å². The molecule has 1 aliphatic heterocycles. The second kappa shape index (κ2) is 8.36. The number of halogens is 1. The molecule has 2 aromatic rings. The molecule has 3 rings (SSSR count). The highest BCUT2D eigenvalue weighted by molar-refractivity contribution is 6.05. The SMILES string of the molecule is O=C(NCCCCN1CCCC1CO)c1cc(F)cc2cccnc12. The van der Waals surface area contributed by atoms with Gasteiger partial charge in [0.05, 0.1) is 17.7 Å². The summed E-state index contributed by atoms with van der Waals surface area (Å²) in [6, 6.07) is 6.38. The number of aliphatic hydroxyl groups excluding tert-OH is 1. The maximum Gasteiger partial charge on any atom is 0.253 e. The molecule has 134 valence electrons. The lowest BCUT2D eigenvalue weighted by Gasteiger charge is -2.22. The van der Waals surface area contributed by atoms with Crippen LogP contribution >= 0.6 is 0 Å². The number of hydrogen-bond acceptors (Lipinski definition) is 4. The molecule has 1 atom stereocenters. The summed E-state index contributed by atoms with van der Waals surface area (Å²) < 4.78 is 13.7. The van der Waals surface area contributed by atoms with Crippen molar-refractivity contribution in [2.75, 3.05) is 26.2 Å². The van der Waals surface area contributed by atoms with Crippen LogP contribution in [0.5, 0.6) is 0 Å². The fourth-order valence-electron chi connectivity index (χ4n) is 3.46. The molecule has 1 unspecified atom stereocenters. The third-order valence-electron chi connectivity index (χ3n) is 4.78. The summed E-state index contributed by atoms with van der Waals surface area (Å²) in [7, 11) is 0. The summed E-state index contributed by atoms with van der Waals surface area (Å²) in [5.74, 6) is -0.729. The number of carbonyl (C=O) groups excluding carboxylic acids is 1. The Hall–Kier alpha value is -2.05. The zero-order valence-electron chi connectivity index (χ0n) is 14.2. The standard InChI is InChI=1S/C19H24FN3O2/c20-15-11-14-5-3-8-21-18(14)17(12-15)19(25)22-7-1-2-9-23-10-4-6-16(23)13-24/h3,5,8,11-12,16,24H,1-2,4,6-7,9-10,13H2,(H,22,25). The number of nitrogens with zero attached hydrogens (tertiary/aromatic N) is 2. The zero-order chi connectivity index (χ0) is 17.6. The highest BCUT2D eigenvalue weighted by atomic mass is 19.1. The summed E-state index contributed by atoms with van der Waals surface area (Å²) in [5.41, 5.74) is 0.791. The Bertz CT molecular complexity index is 738. The highest BCUT2D eigenvalue weighted by Gasteiger charge is 2.22. The van der Waals surface area contributed by atoms with E-state index in [2.05, 4.69) is 15.2 Å². The Morgan fingerprint density at radius 2 is 2.28 bits per heavy atom. The van der Waals surface area contributed by atoms with Gasteiger partial charge in [0.15, 0.2) is 0 Å². The number of pyridine rings is 1. The predicted molar refractivity (Wildman–Crippen MR) is 94.9 cm³/mol. The highest BCUT2D eigenvalue weighted by Crippen LogP contribution is 2.19. The number of fused-ring (bicyclic) bond motifs is 1. The Balaban J connectivity index is 1.50. The van der Waals surface area contributed by atoms with Crippen molar-refractivity contribution in [3.8, 4) is 0 Å². The molecule has 2 N–H and O–H groups in total. The first-order valence-corrected chi connectivity index (χ1v) is 8.86. The van der Waals surface area contributed by atoms with Crippen molar-refractivity contribution in [3.63, 3.8) is 0 Å². The summed E-state index contributed by atoms with van der Waals surface area (Å²) in [6.07, 6.45) is 5.61. The van der Waals surface area contributed by atoms with Crippen LogP contribution in [0.3, 0.4) is 0 Å². The number of amides is 1. The maximum atomic E-state index is 13.7. The van der Waals surface area contributed by atoms with E-state index in [0.717, 1.165) is 38.8 Å². The lowest BCUT2D eigenvalue weighted by atomic mass is 10.1. The van der Waals surface area contributed by atoms with Gasteiger partial charge in [0.2, 0.25) is 0 Å². The molecule has 1 amide bonds. The zero-order valence-corrected chi connectivity index (χ0v) is 14.2. The van der Waals surface area contributed by atoms with E-state index in [1.54, 1.807) is 18.3 Å². The molecule has 5 nitrogen and oxygen atoms in total. The minimum Gasteiger partial charge on any atom is -0.395 e. The first-order chi connectivity index (χ1) is 12.2. The molecule has 0 saturated carbocycles. The topological polar surface area (TPSA) is 65.5 Å². The van der Waals surface area contributed by atoms with Gasteiger partial charge in [-0.25, -0.2) is 4.39 Å². The molecule has 1 aliphatic rings. The Morgan fingerprint density at radius 1 is 1.40 bits per heavy atom. The van der Waals surface area contributed by atoms with Gasteiger partial charge >= 0.3 is 0 Å². The van der Waals surface area contributed by atoms with E-state index in [0.29, 0.717) is 23.5 Å². The fraction of sp³-hybridized carbons (Fsp3) is 0.474. The lowest BCUT2D eigenvalue weighted by molar-refractivity contribution is 0.0953. The number of nitrogens with one attached hydrogen (secondary N) is 1. The van der Waals surface area contributed by atoms with Crippen LogP contribution in [0.1, 0.15) is 36.0 Å².